The van der Waals surface area contributed by atoms with Crippen molar-refractivity contribution in [2.45, 2.75) is 51.6 Å². The number of aryl methyl sites for hydroxylation is 1. The molecule has 1 aliphatic heterocycles. The maximum atomic E-state index is 12.5. The molecular weight excluding hydrogens is 266 g/mol. The van der Waals surface area contributed by atoms with Crippen molar-refractivity contribution in [3.8, 4) is 0 Å². The van der Waals surface area contributed by atoms with E-state index < -0.39 is 0 Å². The fraction of sp³-hybridized carbons (Fsp3) is 0.750. The van der Waals surface area contributed by atoms with Crippen molar-refractivity contribution < 1.29 is 9.53 Å². The minimum Gasteiger partial charge on any atom is -0.375 e. The van der Waals surface area contributed by atoms with Crippen molar-refractivity contribution >= 4 is 5.91 Å². The number of morpholine rings is 1. The van der Waals surface area contributed by atoms with E-state index in [0.717, 1.165) is 24.6 Å². The first-order valence-corrected chi connectivity index (χ1v) is 8.15. The zero-order valence-electron chi connectivity index (χ0n) is 12.8. The molecule has 1 unspecified atom stereocenters. The quantitative estimate of drug-likeness (QED) is 0.931. The van der Waals surface area contributed by atoms with Gasteiger partial charge in [-0.05, 0) is 19.3 Å². The fourth-order valence-corrected chi connectivity index (χ4v) is 3.58. The normalized spacial score (nSPS) is 24.2. The molecule has 1 saturated heterocycles. The van der Waals surface area contributed by atoms with Crippen LogP contribution in [-0.4, -0.2) is 46.8 Å². The Morgan fingerprint density at radius 2 is 2.24 bits per heavy atom. The van der Waals surface area contributed by atoms with Crippen LogP contribution in [0.15, 0.2) is 6.20 Å². The van der Waals surface area contributed by atoms with E-state index in [9.17, 15) is 4.79 Å². The van der Waals surface area contributed by atoms with Crippen molar-refractivity contribution in [1.29, 1.82) is 0 Å². The summed E-state index contributed by atoms with van der Waals surface area (Å²) in [4.78, 5) is 14.5. The topological polar surface area (TPSA) is 58.2 Å². The molecule has 1 saturated carbocycles. The van der Waals surface area contributed by atoms with Gasteiger partial charge in [0.1, 0.15) is 0 Å². The highest BCUT2D eigenvalue weighted by atomic mass is 16.5. The first-order chi connectivity index (χ1) is 10.2. The number of aromatic nitrogens is 2. The summed E-state index contributed by atoms with van der Waals surface area (Å²) in [6.07, 6.45) is 9.69. The van der Waals surface area contributed by atoms with Crippen LogP contribution < -0.4 is 0 Å². The van der Waals surface area contributed by atoms with Gasteiger partial charge >= 0.3 is 0 Å². The van der Waals surface area contributed by atoms with Crippen LogP contribution >= 0.6 is 0 Å². The van der Waals surface area contributed by atoms with Crippen LogP contribution in [0.5, 0.6) is 0 Å². The van der Waals surface area contributed by atoms with Gasteiger partial charge in [0.25, 0.3) is 5.91 Å². The molecule has 2 aliphatic rings. The largest absolute Gasteiger partial charge is 0.375 e. The van der Waals surface area contributed by atoms with E-state index in [0.29, 0.717) is 18.7 Å². The number of hydrogen-bond donors (Lipinski definition) is 1. The fourth-order valence-electron chi connectivity index (χ4n) is 3.58. The minimum atomic E-state index is 0.0817. The third-order valence-corrected chi connectivity index (χ3v) is 4.81. The summed E-state index contributed by atoms with van der Waals surface area (Å²) >= 11 is 0. The molecule has 0 bridgehead atoms. The summed E-state index contributed by atoms with van der Waals surface area (Å²) in [7, 11) is 0. The van der Waals surface area contributed by atoms with Crippen LogP contribution in [0.4, 0.5) is 0 Å². The van der Waals surface area contributed by atoms with Gasteiger partial charge in [-0.15, -0.1) is 0 Å². The van der Waals surface area contributed by atoms with E-state index in [-0.39, 0.29) is 12.0 Å². The third kappa shape index (κ3) is 3.46. The molecule has 2 fully saturated rings. The van der Waals surface area contributed by atoms with Crippen molar-refractivity contribution in [1.82, 2.24) is 15.1 Å². The van der Waals surface area contributed by atoms with Gasteiger partial charge in [0.15, 0.2) is 0 Å². The number of carbonyl (C=O) groups excluding carboxylic acids is 1. The highest BCUT2D eigenvalue weighted by Crippen LogP contribution is 2.29. The second-order valence-corrected chi connectivity index (χ2v) is 6.39. The predicted molar refractivity (Wildman–Crippen MR) is 80.2 cm³/mol. The molecule has 1 aromatic rings. The average Bonchev–Trinajstić information content (AvgIpc) is 2.94. The van der Waals surface area contributed by atoms with Crippen molar-refractivity contribution in [2.75, 3.05) is 19.7 Å². The molecule has 5 nitrogen and oxygen atoms in total. The maximum Gasteiger partial charge on any atom is 0.257 e. The molecule has 1 amide bonds. The van der Waals surface area contributed by atoms with Crippen LogP contribution in [0, 0.1) is 12.8 Å². The number of nitrogens with zero attached hydrogens (tertiary/aromatic N) is 2. The van der Waals surface area contributed by atoms with Crippen molar-refractivity contribution in [2.24, 2.45) is 5.92 Å². The number of nitrogens with one attached hydrogen (secondary N) is 1. The standard InChI is InChI=1S/C16H25N3O2/c1-12-15(10-17-18-12)16(20)19-7-8-21-14(11-19)9-13-5-3-2-4-6-13/h10,13-14H,2-9,11H2,1H3,(H,17,18). The average molecular weight is 291 g/mol. The number of rotatable bonds is 3. The lowest BCUT2D eigenvalue weighted by Crippen LogP contribution is -2.46. The summed E-state index contributed by atoms with van der Waals surface area (Å²) in [5, 5.41) is 6.78. The molecule has 2 heterocycles. The summed E-state index contributed by atoms with van der Waals surface area (Å²) in [5.41, 5.74) is 1.53. The molecule has 1 aromatic heterocycles. The Morgan fingerprint density at radius 3 is 2.95 bits per heavy atom. The smallest absolute Gasteiger partial charge is 0.257 e. The molecule has 21 heavy (non-hydrogen) atoms. The minimum absolute atomic E-state index is 0.0817. The Hall–Kier alpha value is -1.36. The van der Waals surface area contributed by atoms with Crippen LogP contribution in [0.3, 0.4) is 0 Å². The number of hydrogen-bond acceptors (Lipinski definition) is 3. The SMILES string of the molecule is Cc1[nH]ncc1C(=O)N1CCOC(CC2CCCCC2)C1. The molecule has 5 heteroatoms. The van der Waals surface area contributed by atoms with Crippen molar-refractivity contribution in [3.05, 3.63) is 17.5 Å². The molecule has 0 spiro atoms. The maximum absolute atomic E-state index is 12.5. The third-order valence-electron chi connectivity index (χ3n) is 4.81. The first-order valence-electron chi connectivity index (χ1n) is 8.15. The summed E-state index contributed by atoms with van der Waals surface area (Å²) in [6.45, 7) is 3.95. The molecule has 116 valence electrons. The van der Waals surface area contributed by atoms with Gasteiger partial charge in [-0.2, -0.15) is 5.10 Å². The van der Waals surface area contributed by atoms with Gasteiger partial charge in [-0.1, -0.05) is 32.1 Å². The van der Waals surface area contributed by atoms with E-state index in [1.54, 1.807) is 6.20 Å². The van der Waals surface area contributed by atoms with Gasteiger partial charge in [-0.3, -0.25) is 9.89 Å². The summed E-state index contributed by atoms with van der Waals surface area (Å²) in [5.74, 6) is 0.868. The Labute approximate surface area is 126 Å². The number of amides is 1. The number of ether oxygens (including phenoxy) is 1. The Morgan fingerprint density at radius 1 is 1.43 bits per heavy atom. The Kier molecular flexibility index (Phi) is 4.58. The second kappa shape index (κ2) is 6.60. The number of aromatic amines is 1. The molecule has 1 aliphatic carbocycles. The number of carbonyl (C=O) groups is 1. The van der Waals surface area contributed by atoms with E-state index in [4.69, 9.17) is 4.74 Å². The van der Waals surface area contributed by atoms with E-state index in [1.165, 1.54) is 32.1 Å². The molecular formula is C16H25N3O2. The lowest BCUT2D eigenvalue weighted by Gasteiger charge is -2.35. The van der Waals surface area contributed by atoms with Crippen LogP contribution in [0.2, 0.25) is 0 Å². The highest BCUT2D eigenvalue weighted by molar-refractivity contribution is 5.95. The molecule has 1 atom stereocenters. The van der Waals surface area contributed by atoms with Gasteiger partial charge in [0.05, 0.1) is 24.5 Å². The predicted octanol–water partition coefficient (Wildman–Crippen LogP) is 2.53. The second-order valence-electron chi connectivity index (χ2n) is 6.39. The first kappa shape index (κ1) is 14.6. The van der Waals surface area contributed by atoms with E-state index in [1.807, 2.05) is 11.8 Å². The van der Waals surface area contributed by atoms with E-state index in [2.05, 4.69) is 10.2 Å². The van der Waals surface area contributed by atoms with Gasteiger partial charge in [0, 0.05) is 18.8 Å². The summed E-state index contributed by atoms with van der Waals surface area (Å²) < 4.78 is 5.89. The zero-order valence-corrected chi connectivity index (χ0v) is 12.8. The van der Waals surface area contributed by atoms with E-state index >= 15 is 0 Å². The molecule has 0 radical (unpaired) electrons. The monoisotopic (exact) mass is 291 g/mol. The van der Waals surface area contributed by atoms with Crippen LogP contribution in [0.25, 0.3) is 0 Å². The van der Waals surface area contributed by atoms with Crippen molar-refractivity contribution in [3.63, 3.8) is 0 Å². The molecule has 0 aromatic carbocycles. The zero-order chi connectivity index (χ0) is 14.7. The lowest BCUT2D eigenvalue weighted by molar-refractivity contribution is -0.0337. The molecule has 1 N–H and O–H groups in total. The van der Waals surface area contributed by atoms with Crippen LogP contribution in [0.1, 0.15) is 54.6 Å². The Balaban J connectivity index is 1.57. The molecule has 3 rings (SSSR count). The number of H-pyrrole nitrogens is 1. The lowest BCUT2D eigenvalue weighted by atomic mass is 9.85. The van der Waals surface area contributed by atoms with Gasteiger partial charge in [0.2, 0.25) is 0 Å². The summed E-state index contributed by atoms with van der Waals surface area (Å²) in [6, 6.07) is 0. The van der Waals surface area contributed by atoms with Crippen LogP contribution in [-0.2, 0) is 4.74 Å². The van der Waals surface area contributed by atoms with Gasteiger partial charge in [-0.25, -0.2) is 0 Å². The van der Waals surface area contributed by atoms with Gasteiger partial charge < -0.3 is 9.64 Å². The highest BCUT2D eigenvalue weighted by Gasteiger charge is 2.28. The Bertz CT molecular complexity index is 480.